The highest BCUT2D eigenvalue weighted by Gasteiger charge is 2.16. The van der Waals surface area contributed by atoms with Gasteiger partial charge in [-0.1, -0.05) is 30.7 Å². The van der Waals surface area contributed by atoms with Gasteiger partial charge >= 0.3 is 0 Å². The molecule has 1 aromatic carbocycles. The smallest absolute Gasteiger partial charge is 0.251 e. The fourth-order valence-electron chi connectivity index (χ4n) is 2.19. The first-order chi connectivity index (χ1) is 12.1. The van der Waals surface area contributed by atoms with Crippen molar-refractivity contribution < 1.29 is 9.53 Å². The van der Waals surface area contributed by atoms with Crippen molar-refractivity contribution in [2.45, 2.75) is 26.0 Å². The Balaban J connectivity index is 1.93. The molecule has 0 radical (unpaired) electrons. The molecule has 0 saturated heterocycles. The number of anilines is 1. The number of carbonyl (C=O) groups excluding carboxylic acids is 1. The standard InChI is InChI=1S/C17H19ClN4O2S/c1-3-13(21-17-14(8-19)15(18)22-25-17)9-20-16(23)12-6-4-11(5-7-12)10-24-2/h4-7,13,21H,3,9-10H2,1-2H3,(H,20,23). The zero-order valence-corrected chi connectivity index (χ0v) is 15.6. The van der Waals surface area contributed by atoms with Crippen molar-refractivity contribution >= 4 is 34.0 Å². The molecule has 1 unspecified atom stereocenters. The van der Waals surface area contributed by atoms with Crippen LogP contribution in [0.15, 0.2) is 24.3 Å². The van der Waals surface area contributed by atoms with Crippen LogP contribution in [-0.2, 0) is 11.3 Å². The van der Waals surface area contributed by atoms with Crippen LogP contribution in [-0.4, -0.2) is 30.0 Å². The minimum atomic E-state index is -0.146. The number of amides is 1. The van der Waals surface area contributed by atoms with Gasteiger partial charge in [-0.05, 0) is 35.6 Å². The van der Waals surface area contributed by atoms with Crippen LogP contribution < -0.4 is 10.6 Å². The summed E-state index contributed by atoms with van der Waals surface area (Å²) in [4.78, 5) is 12.3. The van der Waals surface area contributed by atoms with Gasteiger partial charge in [0.05, 0.1) is 6.61 Å². The second-order valence-corrected chi connectivity index (χ2v) is 6.51. The lowest BCUT2D eigenvalue weighted by Gasteiger charge is -2.17. The van der Waals surface area contributed by atoms with E-state index in [2.05, 4.69) is 15.0 Å². The van der Waals surface area contributed by atoms with E-state index in [1.807, 2.05) is 25.1 Å². The molecule has 0 aliphatic carbocycles. The average molecular weight is 379 g/mol. The lowest BCUT2D eigenvalue weighted by atomic mass is 10.1. The van der Waals surface area contributed by atoms with Crippen molar-refractivity contribution in [1.29, 1.82) is 5.26 Å². The van der Waals surface area contributed by atoms with E-state index in [4.69, 9.17) is 21.6 Å². The van der Waals surface area contributed by atoms with Gasteiger partial charge in [0.1, 0.15) is 16.6 Å². The topological polar surface area (TPSA) is 87.0 Å². The maximum atomic E-state index is 12.3. The number of nitriles is 1. The third-order valence-corrected chi connectivity index (χ3v) is 4.78. The molecular formula is C17H19ClN4O2S. The molecule has 0 fully saturated rings. The van der Waals surface area contributed by atoms with Gasteiger partial charge in [-0.2, -0.15) is 9.64 Å². The normalized spacial score (nSPS) is 11.6. The minimum absolute atomic E-state index is 0.0275. The molecular weight excluding hydrogens is 360 g/mol. The van der Waals surface area contributed by atoms with Crippen LogP contribution >= 0.6 is 23.1 Å². The second kappa shape index (κ2) is 9.37. The van der Waals surface area contributed by atoms with Gasteiger partial charge in [-0.15, -0.1) is 0 Å². The van der Waals surface area contributed by atoms with Gasteiger partial charge in [0.25, 0.3) is 5.91 Å². The van der Waals surface area contributed by atoms with Crippen LogP contribution in [0, 0.1) is 11.3 Å². The molecule has 1 amide bonds. The number of hydrogen-bond donors (Lipinski definition) is 2. The Morgan fingerprint density at radius 1 is 1.44 bits per heavy atom. The molecule has 0 saturated carbocycles. The molecule has 25 heavy (non-hydrogen) atoms. The lowest BCUT2D eigenvalue weighted by Crippen LogP contribution is -2.36. The maximum Gasteiger partial charge on any atom is 0.251 e. The zero-order valence-electron chi connectivity index (χ0n) is 14.0. The molecule has 2 N–H and O–H groups in total. The van der Waals surface area contributed by atoms with Gasteiger partial charge in [0.2, 0.25) is 0 Å². The van der Waals surface area contributed by atoms with Gasteiger partial charge in [-0.3, -0.25) is 4.79 Å². The molecule has 2 aromatic rings. The predicted molar refractivity (Wildman–Crippen MR) is 99.0 cm³/mol. The fraction of sp³-hybridized carbons (Fsp3) is 0.353. The number of halogens is 1. The van der Waals surface area contributed by atoms with Gasteiger partial charge in [0.15, 0.2) is 5.15 Å². The Morgan fingerprint density at radius 2 is 2.16 bits per heavy atom. The minimum Gasteiger partial charge on any atom is -0.380 e. The number of methoxy groups -OCH3 is 1. The maximum absolute atomic E-state index is 12.3. The van der Waals surface area contributed by atoms with E-state index in [0.29, 0.717) is 29.3 Å². The quantitative estimate of drug-likeness (QED) is 0.734. The molecule has 0 spiro atoms. The molecule has 1 atom stereocenters. The van der Waals surface area contributed by atoms with Crippen molar-refractivity contribution in [3.8, 4) is 6.07 Å². The average Bonchev–Trinajstić information content (AvgIpc) is 2.98. The highest BCUT2D eigenvalue weighted by Crippen LogP contribution is 2.28. The van der Waals surface area contributed by atoms with Crippen molar-refractivity contribution in [3.63, 3.8) is 0 Å². The Hall–Kier alpha value is -2.14. The van der Waals surface area contributed by atoms with Crippen LogP contribution in [0.1, 0.15) is 34.8 Å². The van der Waals surface area contributed by atoms with Crippen molar-refractivity contribution in [2.24, 2.45) is 0 Å². The van der Waals surface area contributed by atoms with Crippen molar-refractivity contribution in [1.82, 2.24) is 9.69 Å². The van der Waals surface area contributed by atoms with E-state index in [0.717, 1.165) is 23.5 Å². The summed E-state index contributed by atoms with van der Waals surface area (Å²) in [5.74, 6) is -0.146. The van der Waals surface area contributed by atoms with Gasteiger partial charge in [-0.25, -0.2) is 0 Å². The van der Waals surface area contributed by atoms with Gasteiger partial charge in [0, 0.05) is 25.3 Å². The molecule has 1 aromatic heterocycles. The summed E-state index contributed by atoms with van der Waals surface area (Å²) in [5.41, 5.74) is 1.94. The van der Waals surface area contributed by atoms with Crippen LogP contribution in [0.2, 0.25) is 5.15 Å². The van der Waals surface area contributed by atoms with E-state index in [9.17, 15) is 4.79 Å². The van der Waals surface area contributed by atoms with E-state index < -0.39 is 0 Å². The number of nitrogens with zero attached hydrogens (tertiary/aromatic N) is 2. The number of nitrogens with one attached hydrogen (secondary N) is 2. The van der Waals surface area contributed by atoms with Gasteiger partial charge < -0.3 is 15.4 Å². The summed E-state index contributed by atoms with van der Waals surface area (Å²) in [7, 11) is 1.63. The SMILES string of the molecule is CCC(CNC(=O)c1ccc(COC)cc1)Nc1snc(Cl)c1C#N. The summed E-state index contributed by atoms with van der Waals surface area (Å²) in [6.07, 6.45) is 0.771. The summed E-state index contributed by atoms with van der Waals surface area (Å²) in [6, 6.07) is 9.29. The molecule has 1 heterocycles. The Kier molecular flexibility index (Phi) is 7.19. The summed E-state index contributed by atoms with van der Waals surface area (Å²) in [6.45, 7) is 2.94. The first-order valence-corrected chi connectivity index (χ1v) is 8.92. The molecule has 0 bridgehead atoms. The summed E-state index contributed by atoms with van der Waals surface area (Å²) < 4.78 is 9.02. The number of benzene rings is 1. The van der Waals surface area contributed by atoms with E-state index in [1.165, 1.54) is 0 Å². The number of rotatable bonds is 8. The van der Waals surface area contributed by atoms with Crippen LogP contribution in [0.5, 0.6) is 0 Å². The molecule has 132 valence electrons. The lowest BCUT2D eigenvalue weighted by molar-refractivity contribution is 0.0951. The number of aromatic nitrogens is 1. The first-order valence-electron chi connectivity index (χ1n) is 7.76. The van der Waals surface area contributed by atoms with Crippen LogP contribution in [0.25, 0.3) is 0 Å². The predicted octanol–water partition coefficient (Wildman–Crippen LogP) is 3.44. The Morgan fingerprint density at radius 3 is 2.76 bits per heavy atom. The molecule has 6 nitrogen and oxygen atoms in total. The molecule has 0 aliphatic rings. The highest BCUT2D eigenvalue weighted by molar-refractivity contribution is 7.10. The summed E-state index contributed by atoms with van der Waals surface area (Å²) in [5, 5.41) is 16.1. The van der Waals surface area contributed by atoms with Crippen molar-refractivity contribution in [2.75, 3.05) is 19.0 Å². The highest BCUT2D eigenvalue weighted by atomic mass is 35.5. The van der Waals surface area contributed by atoms with E-state index in [-0.39, 0.29) is 17.1 Å². The second-order valence-electron chi connectivity index (χ2n) is 5.38. The molecule has 2 rings (SSSR count). The number of carbonyl (C=O) groups is 1. The Bertz CT molecular complexity index is 755. The van der Waals surface area contributed by atoms with E-state index in [1.54, 1.807) is 19.2 Å². The third-order valence-electron chi connectivity index (χ3n) is 3.63. The first kappa shape index (κ1) is 19.2. The van der Waals surface area contributed by atoms with Crippen molar-refractivity contribution in [3.05, 3.63) is 46.1 Å². The van der Waals surface area contributed by atoms with Crippen LogP contribution in [0.3, 0.4) is 0 Å². The molecule has 8 heteroatoms. The zero-order chi connectivity index (χ0) is 18.2. The monoisotopic (exact) mass is 378 g/mol. The van der Waals surface area contributed by atoms with Crippen LogP contribution in [0.4, 0.5) is 5.00 Å². The molecule has 0 aliphatic heterocycles. The largest absolute Gasteiger partial charge is 0.380 e. The summed E-state index contributed by atoms with van der Waals surface area (Å²) >= 11 is 7.01. The Labute approximate surface area is 155 Å². The fourth-order valence-corrected chi connectivity index (χ4v) is 3.20. The number of hydrogen-bond acceptors (Lipinski definition) is 6. The third kappa shape index (κ3) is 5.16. The van der Waals surface area contributed by atoms with E-state index >= 15 is 0 Å². The number of ether oxygens (including phenoxy) is 1.